The first-order valence-corrected chi connectivity index (χ1v) is 9.21. The first kappa shape index (κ1) is 17.4. The van der Waals surface area contributed by atoms with Crippen molar-refractivity contribution in [1.29, 1.82) is 0 Å². The highest BCUT2D eigenvalue weighted by molar-refractivity contribution is 8.01. The van der Waals surface area contributed by atoms with Crippen LogP contribution in [0.25, 0.3) is 11.3 Å². The van der Waals surface area contributed by atoms with E-state index in [4.69, 9.17) is 5.11 Å². The van der Waals surface area contributed by atoms with Crippen LogP contribution >= 0.6 is 23.1 Å². The minimum absolute atomic E-state index is 0.273. The van der Waals surface area contributed by atoms with E-state index in [1.165, 1.54) is 29.2 Å². The summed E-state index contributed by atoms with van der Waals surface area (Å²) in [6.45, 7) is 0.273. The largest absolute Gasteiger partial charge is 0.465 e. The van der Waals surface area contributed by atoms with Crippen LogP contribution in [0.15, 0.2) is 63.7 Å². The van der Waals surface area contributed by atoms with Crippen molar-refractivity contribution in [2.45, 2.75) is 15.5 Å². The van der Waals surface area contributed by atoms with E-state index in [2.05, 4.69) is 10.3 Å². The molecule has 3 aromatic rings. The Bertz CT molecular complexity index is 869. The van der Waals surface area contributed by atoms with Crippen molar-refractivity contribution < 1.29 is 14.3 Å². The second-order valence-electron chi connectivity index (χ2n) is 5.12. The fourth-order valence-electron chi connectivity index (χ4n) is 2.22. The van der Waals surface area contributed by atoms with Gasteiger partial charge in [0.05, 0.1) is 14.9 Å². The Balaban J connectivity index is 1.92. The topological polar surface area (TPSA) is 62.2 Å². The van der Waals surface area contributed by atoms with Crippen molar-refractivity contribution in [3.05, 3.63) is 65.4 Å². The average molecular weight is 374 g/mol. The molecule has 0 atom stereocenters. The van der Waals surface area contributed by atoms with E-state index < -0.39 is 6.09 Å². The van der Waals surface area contributed by atoms with Gasteiger partial charge < -0.3 is 10.4 Å². The third kappa shape index (κ3) is 4.58. The van der Waals surface area contributed by atoms with E-state index in [0.29, 0.717) is 17.7 Å². The Morgan fingerprint density at radius 1 is 1.16 bits per heavy atom. The highest BCUT2D eigenvalue weighted by atomic mass is 32.2. The van der Waals surface area contributed by atoms with E-state index in [0.717, 1.165) is 14.1 Å². The first-order valence-electron chi connectivity index (χ1n) is 7.58. The molecule has 0 bridgehead atoms. The number of nitrogens with zero attached hydrogens (tertiary/aromatic N) is 1. The van der Waals surface area contributed by atoms with E-state index in [1.54, 1.807) is 18.2 Å². The lowest BCUT2D eigenvalue weighted by molar-refractivity contribution is 0.194. The Hall–Kier alpha value is -2.38. The number of hydrogen-bond acceptors (Lipinski definition) is 4. The summed E-state index contributed by atoms with van der Waals surface area (Å²) in [4.78, 5) is 16.2. The van der Waals surface area contributed by atoms with Gasteiger partial charge in [0, 0.05) is 23.4 Å². The average Bonchev–Trinajstić information content (AvgIpc) is 2.98. The normalized spacial score (nSPS) is 10.6. The maximum absolute atomic E-state index is 14.2. The van der Waals surface area contributed by atoms with Crippen LogP contribution < -0.4 is 5.32 Å². The van der Waals surface area contributed by atoms with Crippen LogP contribution in [0.5, 0.6) is 0 Å². The Morgan fingerprint density at radius 3 is 2.60 bits per heavy atom. The number of benzene rings is 2. The highest BCUT2D eigenvalue weighted by Crippen LogP contribution is 2.40. The van der Waals surface area contributed by atoms with E-state index in [-0.39, 0.29) is 12.4 Å². The van der Waals surface area contributed by atoms with Gasteiger partial charge in [0.15, 0.2) is 0 Å². The van der Waals surface area contributed by atoms with Gasteiger partial charge in [-0.1, -0.05) is 42.1 Å². The smallest absolute Gasteiger partial charge is 0.404 e. The fourth-order valence-corrected chi connectivity index (χ4v) is 4.53. The van der Waals surface area contributed by atoms with Crippen LogP contribution in [0.2, 0.25) is 0 Å². The zero-order valence-corrected chi connectivity index (χ0v) is 14.7. The summed E-state index contributed by atoms with van der Waals surface area (Å²) >= 11 is 2.99. The minimum atomic E-state index is -1.07. The van der Waals surface area contributed by atoms with E-state index >= 15 is 0 Å². The number of carboxylic acid groups (broad SMARTS) is 1. The summed E-state index contributed by atoms with van der Waals surface area (Å²) in [5, 5.41) is 11.8. The van der Waals surface area contributed by atoms with Crippen molar-refractivity contribution in [2.24, 2.45) is 0 Å². The molecule has 2 N–H and O–H groups in total. The van der Waals surface area contributed by atoms with Gasteiger partial charge in [-0.25, -0.2) is 14.2 Å². The lowest BCUT2D eigenvalue weighted by Gasteiger charge is -2.03. The zero-order chi connectivity index (χ0) is 17.6. The number of halogens is 1. The number of aromatic nitrogens is 1. The molecule has 0 spiro atoms. The molecule has 1 heterocycles. The van der Waals surface area contributed by atoms with Gasteiger partial charge >= 0.3 is 6.09 Å². The van der Waals surface area contributed by atoms with Crippen molar-refractivity contribution in [3.63, 3.8) is 0 Å². The zero-order valence-electron chi connectivity index (χ0n) is 13.1. The standard InChI is InChI=1S/C18H15FN2O2S2/c19-14-9-5-4-8-13(14)16-17(24-12-6-2-1-3-7-12)25-15(21-16)10-11-20-18(22)23/h1-9,20H,10-11H2,(H,22,23). The molecular formula is C18H15FN2O2S2. The Labute approximate surface area is 152 Å². The van der Waals surface area contributed by atoms with E-state index in [1.807, 2.05) is 30.3 Å². The molecule has 0 fully saturated rings. The van der Waals surface area contributed by atoms with Crippen LogP contribution in [0, 0.1) is 5.82 Å². The molecule has 7 heteroatoms. The molecule has 2 aromatic carbocycles. The molecule has 1 aromatic heterocycles. The molecule has 128 valence electrons. The molecule has 0 aliphatic carbocycles. The van der Waals surface area contributed by atoms with Crippen LogP contribution in [0.1, 0.15) is 5.01 Å². The van der Waals surface area contributed by atoms with Gasteiger partial charge in [-0.15, -0.1) is 11.3 Å². The fraction of sp³-hybridized carbons (Fsp3) is 0.111. The quantitative estimate of drug-likeness (QED) is 0.643. The molecule has 0 aliphatic heterocycles. The highest BCUT2D eigenvalue weighted by Gasteiger charge is 2.17. The van der Waals surface area contributed by atoms with Crippen molar-refractivity contribution >= 4 is 29.2 Å². The van der Waals surface area contributed by atoms with Crippen LogP contribution in [0.3, 0.4) is 0 Å². The second kappa shape index (κ2) is 8.13. The summed E-state index contributed by atoms with van der Waals surface area (Å²) in [5.41, 5.74) is 1.05. The lowest BCUT2D eigenvalue weighted by Crippen LogP contribution is -2.23. The van der Waals surface area contributed by atoms with Gasteiger partial charge in [-0.2, -0.15) is 0 Å². The van der Waals surface area contributed by atoms with Crippen LogP contribution in [-0.4, -0.2) is 22.7 Å². The number of amides is 1. The molecule has 0 saturated carbocycles. The Morgan fingerprint density at radius 2 is 1.88 bits per heavy atom. The molecule has 0 saturated heterocycles. The number of thiazole rings is 1. The van der Waals surface area contributed by atoms with Gasteiger partial charge in [0.1, 0.15) is 5.82 Å². The molecule has 0 radical (unpaired) electrons. The maximum atomic E-state index is 14.2. The monoisotopic (exact) mass is 374 g/mol. The molecule has 3 rings (SSSR count). The van der Waals surface area contributed by atoms with Gasteiger partial charge in [-0.05, 0) is 24.3 Å². The first-order chi connectivity index (χ1) is 12.1. The summed E-state index contributed by atoms with van der Waals surface area (Å²) in [5.74, 6) is -0.321. The van der Waals surface area contributed by atoms with Gasteiger partial charge in [0.25, 0.3) is 0 Å². The predicted octanol–water partition coefficient (Wildman–Crippen LogP) is 4.91. The third-order valence-electron chi connectivity index (χ3n) is 3.34. The van der Waals surface area contributed by atoms with Crippen LogP contribution in [0.4, 0.5) is 9.18 Å². The summed E-state index contributed by atoms with van der Waals surface area (Å²) in [6.07, 6.45) is -0.599. The predicted molar refractivity (Wildman–Crippen MR) is 97.8 cm³/mol. The molecule has 0 unspecified atom stereocenters. The molecule has 25 heavy (non-hydrogen) atoms. The second-order valence-corrected chi connectivity index (χ2v) is 7.55. The molecule has 0 aliphatic rings. The summed E-state index contributed by atoms with van der Waals surface area (Å²) in [6, 6.07) is 16.4. The van der Waals surface area contributed by atoms with E-state index in [9.17, 15) is 9.18 Å². The SMILES string of the molecule is O=C(O)NCCc1nc(-c2ccccc2F)c(Sc2ccccc2)s1. The minimum Gasteiger partial charge on any atom is -0.465 e. The van der Waals surface area contributed by atoms with Crippen molar-refractivity contribution in [3.8, 4) is 11.3 Å². The van der Waals surface area contributed by atoms with Gasteiger partial charge in [-0.3, -0.25) is 0 Å². The van der Waals surface area contributed by atoms with Gasteiger partial charge in [0.2, 0.25) is 0 Å². The number of carbonyl (C=O) groups is 1. The summed E-state index contributed by atoms with van der Waals surface area (Å²) in [7, 11) is 0. The Kier molecular flexibility index (Phi) is 5.67. The molecular weight excluding hydrogens is 359 g/mol. The van der Waals surface area contributed by atoms with Crippen LogP contribution in [-0.2, 0) is 6.42 Å². The summed E-state index contributed by atoms with van der Waals surface area (Å²) < 4.78 is 15.1. The van der Waals surface area contributed by atoms with Crippen molar-refractivity contribution in [2.75, 3.05) is 6.54 Å². The lowest BCUT2D eigenvalue weighted by atomic mass is 10.1. The molecule has 1 amide bonds. The third-order valence-corrected chi connectivity index (χ3v) is 5.63. The van der Waals surface area contributed by atoms with Crippen molar-refractivity contribution in [1.82, 2.24) is 10.3 Å². The number of nitrogens with one attached hydrogen (secondary N) is 1. The number of rotatable bonds is 6. The molecule has 4 nitrogen and oxygen atoms in total. The maximum Gasteiger partial charge on any atom is 0.404 e. The number of hydrogen-bond donors (Lipinski definition) is 2.